The number of ketones is 2. The van der Waals surface area contributed by atoms with Crippen molar-refractivity contribution in [2.75, 3.05) is 4.90 Å². The van der Waals surface area contributed by atoms with Gasteiger partial charge in [-0.15, -0.1) is 0 Å². The second kappa shape index (κ2) is 8.17. The Morgan fingerprint density at radius 2 is 1.08 bits per heavy atom. The Hall–Kier alpha value is -4.24. The zero-order valence-corrected chi connectivity index (χ0v) is 20.9. The number of Topliss-reactive ketones (excluding diaryl/α,β-unsaturated/α-hetero) is 2. The summed E-state index contributed by atoms with van der Waals surface area (Å²) < 4.78 is 2.70. The topological polar surface area (TPSA) is 37.4 Å². The number of hydrogen-bond acceptors (Lipinski definition) is 3. The Morgan fingerprint density at radius 3 is 1.64 bits per heavy atom. The van der Waals surface area contributed by atoms with Gasteiger partial charge in [-0.25, -0.2) is 0 Å². The Balaban J connectivity index is 1.26. The van der Waals surface area contributed by atoms with Crippen LogP contribution in [0.25, 0.3) is 16.8 Å². The Kier molecular flexibility index (Phi) is 4.78. The van der Waals surface area contributed by atoms with Crippen LogP contribution in [0.4, 0.5) is 17.1 Å². The van der Waals surface area contributed by atoms with Gasteiger partial charge in [-0.3, -0.25) is 0 Å². The summed E-state index contributed by atoms with van der Waals surface area (Å²) in [5.74, 6) is -0.406. The number of fused-ring (bicyclic) bond motifs is 4. The van der Waals surface area contributed by atoms with E-state index in [0.717, 1.165) is 22.0 Å². The van der Waals surface area contributed by atoms with Crippen LogP contribution < -0.4 is 13.8 Å². The van der Waals surface area contributed by atoms with E-state index >= 15 is 0 Å². The van der Waals surface area contributed by atoms with Crippen molar-refractivity contribution < 1.29 is 9.59 Å². The van der Waals surface area contributed by atoms with Gasteiger partial charge in [0.25, 0.3) is 0 Å². The molecule has 1 heterocycles. The number of benzene rings is 5. The standard InChI is InChI=1S/C32H19NO2Se/c34-31-24-18-21-7-1-2-8-22(21)19-25(24)32(35)26(31)17-20-13-15-23(16-14-20)33-27-9-3-5-11-29(27)36-30-12-6-4-10-28(30)33/h1-19H. The fourth-order valence-corrected chi connectivity index (χ4v) is 7.23. The van der Waals surface area contributed by atoms with Gasteiger partial charge < -0.3 is 0 Å². The van der Waals surface area contributed by atoms with E-state index in [4.69, 9.17) is 0 Å². The molecular formula is C32H19NO2Se. The van der Waals surface area contributed by atoms with Crippen LogP contribution in [-0.4, -0.2) is 26.5 Å². The number of hydrogen-bond donors (Lipinski definition) is 0. The van der Waals surface area contributed by atoms with Crippen molar-refractivity contribution >= 4 is 69.4 Å². The van der Waals surface area contributed by atoms with Crippen molar-refractivity contribution in [1.29, 1.82) is 0 Å². The van der Waals surface area contributed by atoms with Crippen molar-refractivity contribution in [2.45, 2.75) is 0 Å². The maximum atomic E-state index is 13.1. The number of rotatable bonds is 2. The molecule has 1 aliphatic carbocycles. The molecule has 2 aliphatic rings. The van der Waals surface area contributed by atoms with Crippen LogP contribution >= 0.6 is 0 Å². The van der Waals surface area contributed by atoms with E-state index in [1.165, 1.54) is 20.3 Å². The predicted octanol–water partition coefficient (Wildman–Crippen LogP) is 5.74. The summed E-state index contributed by atoms with van der Waals surface area (Å²) in [5, 5.41) is 1.93. The maximum absolute atomic E-state index is 13.1. The van der Waals surface area contributed by atoms with Crippen LogP contribution in [0.3, 0.4) is 0 Å². The SMILES string of the molecule is O=C1C(=Cc2ccc(N3c4ccccc4[Se]c4ccccc43)cc2)C(=O)c2cc3ccccc3cc21. The van der Waals surface area contributed by atoms with Crippen molar-refractivity contribution in [3.05, 3.63) is 131 Å². The molecule has 170 valence electrons. The molecule has 36 heavy (non-hydrogen) atoms. The first-order valence-corrected chi connectivity index (χ1v) is 13.5. The average molecular weight is 528 g/mol. The molecule has 3 nitrogen and oxygen atoms in total. The van der Waals surface area contributed by atoms with Crippen LogP contribution in [0.15, 0.2) is 115 Å². The molecule has 4 heteroatoms. The third-order valence-corrected chi connectivity index (χ3v) is 9.13. The molecule has 0 aromatic heterocycles. The second-order valence-corrected chi connectivity index (χ2v) is 11.2. The van der Waals surface area contributed by atoms with Gasteiger partial charge in [0, 0.05) is 0 Å². The molecule has 0 amide bonds. The molecule has 0 saturated carbocycles. The van der Waals surface area contributed by atoms with Crippen molar-refractivity contribution in [3.63, 3.8) is 0 Å². The van der Waals surface area contributed by atoms with Crippen molar-refractivity contribution in [1.82, 2.24) is 0 Å². The molecule has 1 aliphatic heterocycles. The number of carbonyl (C=O) groups excluding carboxylic acids is 2. The fourth-order valence-electron chi connectivity index (χ4n) is 5.01. The third kappa shape index (κ3) is 3.27. The molecule has 7 rings (SSSR count). The minimum atomic E-state index is -0.203. The monoisotopic (exact) mass is 529 g/mol. The van der Waals surface area contributed by atoms with Gasteiger partial charge in [0.1, 0.15) is 0 Å². The first-order valence-electron chi connectivity index (χ1n) is 11.8. The summed E-state index contributed by atoms with van der Waals surface area (Å²) in [6.07, 6.45) is 1.72. The molecule has 0 fully saturated rings. The molecule has 0 unspecified atom stereocenters. The summed E-state index contributed by atoms with van der Waals surface area (Å²) in [7, 11) is 0. The predicted molar refractivity (Wildman–Crippen MR) is 147 cm³/mol. The number of nitrogens with zero attached hydrogens (tertiary/aromatic N) is 1. The first kappa shape index (κ1) is 21.1. The number of anilines is 3. The van der Waals surface area contributed by atoms with Gasteiger partial charge in [-0.05, 0) is 10.8 Å². The summed E-state index contributed by atoms with van der Waals surface area (Å²) in [6, 6.07) is 36.6. The number of allylic oxidation sites excluding steroid dienone is 1. The van der Waals surface area contributed by atoms with Gasteiger partial charge in [-0.1, -0.05) is 24.3 Å². The second-order valence-electron chi connectivity index (χ2n) is 8.93. The molecule has 0 atom stereocenters. The molecule has 0 spiro atoms. The van der Waals surface area contributed by atoms with Crippen LogP contribution in [0.1, 0.15) is 26.3 Å². The van der Waals surface area contributed by atoms with Gasteiger partial charge in [0.2, 0.25) is 0 Å². The van der Waals surface area contributed by atoms with Crippen molar-refractivity contribution in [2.24, 2.45) is 0 Å². The summed E-state index contributed by atoms with van der Waals surface area (Å²) in [5.41, 5.74) is 5.48. The van der Waals surface area contributed by atoms with Gasteiger partial charge in [-0.2, -0.15) is 0 Å². The molecule has 0 radical (unpaired) electrons. The average Bonchev–Trinajstić information content (AvgIpc) is 3.15. The Bertz CT molecular complexity index is 1650. The fraction of sp³-hybridized carbons (Fsp3) is 0. The van der Waals surface area contributed by atoms with E-state index < -0.39 is 0 Å². The molecular weight excluding hydrogens is 509 g/mol. The minimum absolute atomic E-state index is 0.203. The molecule has 0 saturated heterocycles. The van der Waals surface area contributed by atoms with Crippen molar-refractivity contribution in [3.8, 4) is 0 Å². The molecule has 0 bridgehead atoms. The number of carbonyl (C=O) groups is 2. The summed E-state index contributed by atoms with van der Waals surface area (Å²) in [6.45, 7) is 0. The van der Waals surface area contributed by atoms with Crippen LogP contribution in [0.2, 0.25) is 0 Å². The van der Waals surface area contributed by atoms with E-state index in [1.54, 1.807) is 6.08 Å². The van der Waals surface area contributed by atoms with Gasteiger partial charge in [0.15, 0.2) is 0 Å². The molecule has 5 aromatic rings. The zero-order valence-electron chi connectivity index (χ0n) is 19.1. The van der Waals surface area contributed by atoms with E-state index in [-0.39, 0.29) is 32.1 Å². The van der Waals surface area contributed by atoms with E-state index in [2.05, 4.69) is 65.6 Å². The Morgan fingerprint density at radius 1 is 0.583 bits per heavy atom. The number of para-hydroxylation sites is 2. The normalized spacial score (nSPS) is 14.0. The van der Waals surface area contributed by atoms with E-state index in [0.29, 0.717) is 11.1 Å². The zero-order chi connectivity index (χ0) is 24.2. The first-order chi connectivity index (χ1) is 17.7. The quantitative estimate of drug-likeness (QED) is 0.163. The third-order valence-electron chi connectivity index (χ3n) is 6.76. The summed E-state index contributed by atoms with van der Waals surface area (Å²) in [4.78, 5) is 28.6. The van der Waals surface area contributed by atoms with Gasteiger partial charge in [0.05, 0.1) is 0 Å². The summed E-state index contributed by atoms with van der Waals surface area (Å²) >= 11 is 0.261. The van der Waals surface area contributed by atoms with Crippen LogP contribution in [0.5, 0.6) is 0 Å². The van der Waals surface area contributed by atoms with Crippen LogP contribution in [-0.2, 0) is 0 Å². The van der Waals surface area contributed by atoms with E-state index in [9.17, 15) is 9.59 Å². The molecule has 5 aromatic carbocycles. The Labute approximate surface area is 214 Å². The van der Waals surface area contributed by atoms with Gasteiger partial charge >= 0.3 is 180 Å². The van der Waals surface area contributed by atoms with E-state index in [1.807, 2.05) is 48.5 Å². The van der Waals surface area contributed by atoms with Crippen LogP contribution in [0, 0.1) is 0 Å². The molecule has 0 N–H and O–H groups in total.